The Labute approximate surface area is 30.2 Å². The van der Waals surface area contributed by atoms with E-state index in [1.165, 1.54) is 0 Å². The van der Waals surface area contributed by atoms with Crippen molar-refractivity contribution < 1.29 is 9.41 Å². The van der Waals surface area contributed by atoms with Gasteiger partial charge in [-0.1, -0.05) is 6.08 Å². The average Bonchev–Trinajstić information content (AvgIpc) is 0.918. The quantitative estimate of drug-likeness (QED) is 0.388. The fourth-order valence-corrected chi connectivity index (χ4v) is 0. The number of hydrogen-bond acceptors (Lipinski definition) is 0. The van der Waals surface area contributed by atoms with Gasteiger partial charge in [0.15, 0.2) is 0 Å². The second-order valence-electron chi connectivity index (χ2n) is 0.408. The van der Waals surface area contributed by atoms with Crippen molar-refractivity contribution in [2.24, 2.45) is 0 Å². The number of allylic oxidation sites excluding steroid dienone is 1. The lowest BCUT2D eigenvalue weighted by Crippen LogP contribution is -1.07. The molecule has 0 aliphatic carbocycles. The van der Waals surface area contributed by atoms with Crippen LogP contribution in [0.25, 0.3) is 0 Å². The van der Waals surface area contributed by atoms with Crippen LogP contribution in [-0.4, -0.2) is 0 Å². The molecule has 0 aromatic rings. The average molecular weight is 82.1 g/mol. The van der Waals surface area contributed by atoms with Gasteiger partial charge >= 0.3 is 0 Å². The zero-order valence-electron chi connectivity index (χ0n) is 3.10. The van der Waals surface area contributed by atoms with Gasteiger partial charge in [0, 0.05) is 0 Å². The van der Waals surface area contributed by atoms with E-state index in [2.05, 4.69) is 6.58 Å². The molecule has 5 heavy (non-hydrogen) atoms. The van der Waals surface area contributed by atoms with Gasteiger partial charge in [-0.2, -0.15) is 0 Å². The first-order valence-corrected chi connectivity index (χ1v) is 0.986. The maximum Gasteiger partial charge on any atom is -0.0473 e. The lowest BCUT2D eigenvalue weighted by molar-refractivity contribution is 1.11. The fraction of sp³-hybridized carbons (Fsp3) is 0.333. The number of rotatable bonds is 0. The van der Waals surface area contributed by atoms with Crippen LogP contribution in [-0.2, 0) is 0 Å². The standard InChI is InChI=1S/C3H6.2FH/c1-3-2;;/h3H,1H2,2H3;2*1H. The molecule has 0 atom stereocenters. The van der Waals surface area contributed by atoms with Crippen LogP contribution in [0.5, 0.6) is 0 Å². The lowest BCUT2D eigenvalue weighted by Gasteiger charge is -1.31. The molecule has 0 aliphatic rings. The van der Waals surface area contributed by atoms with Gasteiger partial charge in [0.25, 0.3) is 0 Å². The van der Waals surface area contributed by atoms with Gasteiger partial charge in [0.2, 0.25) is 0 Å². The summed E-state index contributed by atoms with van der Waals surface area (Å²) in [4.78, 5) is 0. The van der Waals surface area contributed by atoms with Crippen molar-refractivity contribution in [3.63, 3.8) is 0 Å². The summed E-state index contributed by atoms with van der Waals surface area (Å²) < 4.78 is 0. The van der Waals surface area contributed by atoms with Crippen LogP contribution < -0.4 is 0 Å². The van der Waals surface area contributed by atoms with E-state index < -0.39 is 0 Å². The van der Waals surface area contributed by atoms with E-state index in [1.54, 1.807) is 6.08 Å². The Balaban J connectivity index is -0.0000000200. The molecular formula is C3H8F2. The molecule has 0 saturated heterocycles. The third-order valence-corrected chi connectivity index (χ3v) is 0. The molecule has 0 spiro atoms. The lowest BCUT2D eigenvalue weighted by atomic mass is 10.8. The van der Waals surface area contributed by atoms with Crippen molar-refractivity contribution >= 4 is 0 Å². The third kappa shape index (κ3) is 57.6. The SMILES string of the molecule is C=CC.F.F. The van der Waals surface area contributed by atoms with Gasteiger partial charge in [0.1, 0.15) is 0 Å². The molecule has 0 aliphatic heterocycles. The Bertz CT molecular complexity index is 12.4. The van der Waals surface area contributed by atoms with E-state index in [0.29, 0.717) is 0 Å². The van der Waals surface area contributed by atoms with Gasteiger partial charge in [-0.25, -0.2) is 0 Å². The maximum absolute atomic E-state index is 3.36. The first kappa shape index (κ1) is 23.3. The predicted molar refractivity (Wildman–Crippen MR) is 20.9 cm³/mol. The Morgan fingerprint density at radius 1 is 1.40 bits per heavy atom. The molecule has 0 saturated carbocycles. The Kier molecular flexibility index (Phi) is 315. The summed E-state index contributed by atoms with van der Waals surface area (Å²) in [5, 5.41) is 0. The van der Waals surface area contributed by atoms with Gasteiger partial charge < -0.3 is 0 Å². The first-order valence-electron chi connectivity index (χ1n) is 0.986. The Hall–Kier alpha value is -0.400. The molecule has 0 aromatic heterocycles. The largest absolute Gasteiger partial charge is 0.269 e. The minimum absolute atomic E-state index is 0. The number of hydrogen-bond donors (Lipinski definition) is 0. The van der Waals surface area contributed by atoms with Crippen molar-refractivity contribution in [2.45, 2.75) is 6.92 Å². The van der Waals surface area contributed by atoms with E-state index >= 15 is 0 Å². The van der Waals surface area contributed by atoms with Crippen LogP contribution in [0, 0.1) is 0 Å². The second kappa shape index (κ2) is 67.6. The maximum atomic E-state index is 3.36. The third-order valence-electron chi connectivity index (χ3n) is 0. The monoisotopic (exact) mass is 82.1 g/mol. The highest BCUT2D eigenvalue weighted by molar-refractivity contribution is 4.51. The normalized spacial score (nSPS) is 2.60. The molecular weight excluding hydrogens is 74.0 g/mol. The summed E-state index contributed by atoms with van der Waals surface area (Å²) in [6.07, 6.45) is 1.75. The van der Waals surface area contributed by atoms with E-state index in [9.17, 15) is 0 Å². The molecule has 0 nitrogen and oxygen atoms in total. The van der Waals surface area contributed by atoms with E-state index in [0.717, 1.165) is 0 Å². The smallest absolute Gasteiger partial charge is 0.0473 e. The van der Waals surface area contributed by atoms with Gasteiger partial charge in [-0.3, -0.25) is 9.41 Å². The topological polar surface area (TPSA) is 0 Å². The van der Waals surface area contributed by atoms with Crippen molar-refractivity contribution in [1.82, 2.24) is 0 Å². The van der Waals surface area contributed by atoms with Crippen LogP contribution in [0.2, 0.25) is 0 Å². The zero-order valence-corrected chi connectivity index (χ0v) is 3.10. The molecule has 0 bridgehead atoms. The summed E-state index contributed by atoms with van der Waals surface area (Å²) in [6, 6.07) is 0. The molecule has 34 valence electrons. The second-order valence-corrected chi connectivity index (χ2v) is 0.408. The Morgan fingerprint density at radius 3 is 1.40 bits per heavy atom. The van der Waals surface area contributed by atoms with Crippen LogP contribution in [0.15, 0.2) is 12.7 Å². The molecule has 0 fully saturated rings. The molecule has 0 heterocycles. The minimum atomic E-state index is 0. The first-order chi connectivity index (χ1) is 1.41. The highest BCUT2D eigenvalue weighted by atomic mass is 19.0. The van der Waals surface area contributed by atoms with Crippen LogP contribution in [0.3, 0.4) is 0 Å². The summed E-state index contributed by atoms with van der Waals surface area (Å²) in [6.45, 7) is 5.25. The predicted octanol–water partition coefficient (Wildman–Crippen LogP) is 1.50. The summed E-state index contributed by atoms with van der Waals surface area (Å²) in [5.41, 5.74) is 0. The number of halogens is 2. The zero-order chi connectivity index (χ0) is 2.71. The van der Waals surface area contributed by atoms with Gasteiger partial charge in [-0.15, -0.1) is 6.58 Å². The molecule has 0 N–H and O–H groups in total. The summed E-state index contributed by atoms with van der Waals surface area (Å²) in [5.74, 6) is 0. The molecule has 0 radical (unpaired) electrons. The molecule has 0 amide bonds. The highest BCUT2D eigenvalue weighted by Crippen LogP contribution is 1.38. The minimum Gasteiger partial charge on any atom is -0.269 e. The fourth-order valence-electron chi connectivity index (χ4n) is 0. The molecule has 0 aromatic carbocycles. The Morgan fingerprint density at radius 2 is 1.40 bits per heavy atom. The molecule has 0 unspecified atom stereocenters. The summed E-state index contributed by atoms with van der Waals surface area (Å²) in [7, 11) is 0. The van der Waals surface area contributed by atoms with Crippen LogP contribution >= 0.6 is 0 Å². The van der Waals surface area contributed by atoms with Gasteiger partial charge in [0.05, 0.1) is 0 Å². The molecule has 2 heteroatoms. The highest BCUT2D eigenvalue weighted by Gasteiger charge is 1.15. The van der Waals surface area contributed by atoms with Crippen LogP contribution in [0.4, 0.5) is 9.41 Å². The van der Waals surface area contributed by atoms with Crippen LogP contribution in [0.1, 0.15) is 6.92 Å². The van der Waals surface area contributed by atoms with E-state index in [1.807, 2.05) is 6.92 Å². The van der Waals surface area contributed by atoms with Crippen molar-refractivity contribution in [3.8, 4) is 0 Å². The summed E-state index contributed by atoms with van der Waals surface area (Å²) >= 11 is 0. The van der Waals surface area contributed by atoms with E-state index in [4.69, 9.17) is 0 Å². The van der Waals surface area contributed by atoms with Gasteiger partial charge in [-0.05, 0) is 6.92 Å². The van der Waals surface area contributed by atoms with Crippen molar-refractivity contribution in [2.75, 3.05) is 0 Å². The van der Waals surface area contributed by atoms with E-state index in [-0.39, 0.29) is 9.41 Å². The molecule has 0 rings (SSSR count). The van der Waals surface area contributed by atoms with Crippen molar-refractivity contribution in [3.05, 3.63) is 12.7 Å². The van der Waals surface area contributed by atoms with Crippen molar-refractivity contribution in [1.29, 1.82) is 0 Å².